The normalized spacial score (nSPS) is 11.7. The van der Waals surface area contributed by atoms with Crippen LogP contribution in [-0.2, 0) is 0 Å². The topological polar surface area (TPSA) is 81.8 Å². The lowest BCUT2D eigenvalue weighted by molar-refractivity contribution is 0.355. The Hall–Kier alpha value is -4.10. The van der Waals surface area contributed by atoms with Crippen molar-refractivity contribution in [3.8, 4) is 22.8 Å². The number of fused-ring (bicyclic) bond motifs is 2. The second kappa shape index (κ2) is 9.03. The Kier molecular flexibility index (Phi) is 5.77. The van der Waals surface area contributed by atoms with Gasteiger partial charge in [0.2, 0.25) is 0 Å². The molecule has 0 radical (unpaired) electrons. The Labute approximate surface area is 200 Å². The fourth-order valence-corrected chi connectivity index (χ4v) is 3.88. The van der Waals surface area contributed by atoms with Crippen LogP contribution in [0.25, 0.3) is 33.2 Å². The van der Waals surface area contributed by atoms with Crippen molar-refractivity contribution >= 4 is 39.3 Å². The Bertz CT molecular complexity index is 1590. The number of anilines is 1. The summed E-state index contributed by atoms with van der Waals surface area (Å²) in [5.74, 6) is 2.46. The number of benzene rings is 3. The number of methoxy groups -OCH3 is 2. The van der Waals surface area contributed by atoms with Gasteiger partial charge in [-0.05, 0) is 55.0 Å². The first-order valence-electron chi connectivity index (χ1n) is 10.5. The molecule has 0 fully saturated rings. The van der Waals surface area contributed by atoms with Gasteiger partial charge in [-0.25, -0.2) is 9.97 Å². The molecule has 3 aromatic carbocycles. The van der Waals surface area contributed by atoms with E-state index in [0.29, 0.717) is 39.0 Å². The van der Waals surface area contributed by atoms with E-state index in [9.17, 15) is 0 Å². The van der Waals surface area contributed by atoms with Crippen molar-refractivity contribution in [2.45, 2.75) is 6.92 Å². The minimum Gasteiger partial charge on any atom is -0.493 e. The van der Waals surface area contributed by atoms with Crippen LogP contribution in [0.15, 0.2) is 76.5 Å². The van der Waals surface area contributed by atoms with E-state index in [0.717, 1.165) is 27.4 Å². The molecule has 0 saturated carbocycles. The Morgan fingerprint density at radius 2 is 1.74 bits per heavy atom. The molecule has 0 unspecified atom stereocenters. The van der Waals surface area contributed by atoms with Gasteiger partial charge in [-0.1, -0.05) is 23.7 Å². The minimum atomic E-state index is 0.602. The summed E-state index contributed by atoms with van der Waals surface area (Å²) in [4.78, 5) is 8.67. The lowest BCUT2D eigenvalue weighted by Crippen LogP contribution is -2.08. The maximum atomic E-state index is 6.43. The SMILES string of the molecule is COc1ccc(-c2cc(=NNc3ncnc4ccccc34)c3cc(Cl)c(C)cc3o2)cc1OC. The Morgan fingerprint density at radius 3 is 2.56 bits per heavy atom. The molecule has 0 saturated heterocycles. The summed E-state index contributed by atoms with van der Waals surface area (Å²) < 4.78 is 17.1. The molecule has 34 heavy (non-hydrogen) atoms. The fraction of sp³-hybridized carbons (Fsp3) is 0.115. The molecule has 7 nitrogen and oxygen atoms in total. The summed E-state index contributed by atoms with van der Waals surface area (Å²) in [6.07, 6.45) is 1.51. The van der Waals surface area contributed by atoms with Crippen molar-refractivity contribution in [1.29, 1.82) is 0 Å². The van der Waals surface area contributed by atoms with E-state index in [1.807, 2.05) is 67.6 Å². The number of aryl methyl sites for hydroxylation is 1. The molecule has 2 aromatic heterocycles. The number of nitrogens with one attached hydrogen (secondary N) is 1. The first-order valence-corrected chi connectivity index (χ1v) is 10.9. The van der Waals surface area contributed by atoms with Gasteiger partial charge in [0.25, 0.3) is 0 Å². The first kappa shape index (κ1) is 21.7. The number of aromatic nitrogens is 2. The zero-order valence-corrected chi connectivity index (χ0v) is 19.6. The summed E-state index contributed by atoms with van der Waals surface area (Å²) in [7, 11) is 3.20. The molecule has 8 heteroatoms. The largest absolute Gasteiger partial charge is 0.493 e. The van der Waals surface area contributed by atoms with Crippen molar-refractivity contribution in [1.82, 2.24) is 9.97 Å². The van der Waals surface area contributed by atoms with Gasteiger partial charge >= 0.3 is 0 Å². The summed E-state index contributed by atoms with van der Waals surface area (Å²) in [5, 5.41) is 7.59. The molecule has 0 aliphatic carbocycles. The fourth-order valence-electron chi connectivity index (χ4n) is 3.72. The average molecular weight is 473 g/mol. The van der Waals surface area contributed by atoms with Gasteiger partial charge in [0.05, 0.1) is 25.1 Å². The van der Waals surface area contributed by atoms with Crippen LogP contribution in [0.2, 0.25) is 5.02 Å². The van der Waals surface area contributed by atoms with Crippen LogP contribution in [0.1, 0.15) is 5.56 Å². The van der Waals surface area contributed by atoms with Crippen LogP contribution in [-0.4, -0.2) is 24.2 Å². The van der Waals surface area contributed by atoms with E-state index in [-0.39, 0.29) is 0 Å². The van der Waals surface area contributed by atoms with Gasteiger partial charge in [-0.15, -0.1) is 0 Å². The van der Waals surface area contributed by atoms with E-state index >= 15 is 0 Å². The molecule has 0 spiro atoms. The second-order valence-electron chi connectivity index (χ2n) is 7.63. The molecule has 5 rings (SSSR count). The number of hydrogen-bond donors (Lipinski definition) is 1. The van der Waals surface area contributed by atoms with Crippen LogP contribution in [0.5, 0.6) is 11.5 Å². The number of halogens is 1. The van der Waals surface area contributed by atoms with E-state index in [1.54, 1.807) is 14.2 Å². The van der Waals surface area contributed by atoms with Crippen LogP contribution < -0.4 is 20.3 Å². The van der Waals surface area contributed by atoms with E-state index in [1.165, 1.54) is 6.33 Å². The standard InChI is InChI=1S/C26H21ClN4O3/c1-15-10-24-18(12-19(15)27)21(30-31-26-17-6-4-5-7-20(17)28-14-29-26)13-23(34-24)16-8-9-22(32-2)25(11-16)33-3/h4-14H,1-3H3,(H,28,29,31). The highest BCUT2D eigenvalue weighted by Crippen LogP contribution is 2.33. The summed E-state index contributed by atoms with van der Waals surface area (Å²) in [5.41, 5.74) is 6.30. The molecule has 0 aliphatic rings. The van der Waals surface area contributed by atoms with Crippen molar-refractivity contribution in [3.05, 3.63) is 82.9 Å². The summed E-state index contributed by atoms with van der Waals surface area (Å²) in [6, 6.07) is 19.0. The van der Waals surface area contributed by atoms with Crippen LogP contribution in [0.4, 0.5) is 5.82 Å². The van der Waals surface area contributed by atoms with E-state index in [2.05, 4.69) is 20.5 Å². The first-order chi connectivity index (χ1) is 16.6. The highest BCUT2D eigenvalue weighted by atomic mass is 35.5. The number of rotatable bonds is 5. The predicted octanol–water partition coefficient (Wildman–Crippen LogP) is 5.95. The Morgan fingerprint density at radius 1 is 0.912 bits per heavy atom. The lowest BCUT2D eigenvalue weighted by atomic mass is 10.1. The van der Waals surface area contributed by atoms with Crippen molar-refractivity contribution in [3.63, 3.8) is 0 Å². The molecular weight excluding hydrogens is 452 g/mol. The molecule has 5 aromatic rings. The van der Waals surface area contributed by atoms with Crippen molar-refractivity contribution < 1.29 is 13.9 Å². The van der Waals surface area contributed by atoms with Gasteiger partial charge in [-0.3, -0.25) is 5.43 Å². The number of nitrogens with zero attached hydrogens (tertiary/aromatic N) is 3. The third-order valence-electron chi connectivity index (χ3n) is 5.52. The molecule has 170 valence electrons. The third kappa shape index (κ3) is 4.02. The van der Waals surface area contributed by atoms with Crippen molar-refractivity contribution in [2.24, 2.45) is 5.10 Å². The molecule has 0 atom stereocenters. The second-order valence-corrected chi connectivity index (χ2v) is 8.03. The maximum absolute atomic E-state index is 6.43. The number of hydrogen-bond acceptors (Lipinski definition) is 7. The quantitative estimate of drug-likeness (QED) is 0.318. The molecule has 2 heterocycles. The van der Waals surface area contributed by atoms with Gasteiger partial charge in [0.1, 0.15) is 17.7 Å². The van der Waals surface area contributed by atoms with Gasteiger partial charge < -0.3 is 13.9 Å². The molecule has 1 N–H and O–H groups in total. The lowest BCUT2D eigenvalue weighted by Gasteiger charge is -2.11. The monoisotopic (exact) mass is 472 g/mol. The van der Waals surface area contributed by atoms with Gasteiger partial charge in [0, 0.05) is 27.4 Å². The highest BCUT2D eigenvalue weighted by Gasteiger charge is 2.12. The number of para-hydroxylation sites is 1. The van der Waals surface area contributed by atoms with Crippen LogP contribution >= 0.6 is 11.6 Å². The number of ether oxygens (including phenoxy) is 2. The van der Waals surface area contributed by atoms with Crippen LogP contribution in [0, 0.1) is 6.92 Å². The van der Waals surface area contributed by atoms with E-state index in [4.69, 9.17) is 25.5 Å². The third-order valence-corrected chi connectivity index (χ3v) is 5.92. The maximum Gasteiger partial charge on any atom is 0.161 e. The summed E-state index contributed by atoms with van der Waals surface area (Å²) in [6.45, 7) is 1.93. The molecule has 0 amide bonds. The molecule has 0 bridgehead atoms. The van der Waals surface area contributed by atoms with Crippen LogP contribution in [0.3, 0.4) is 0 Å². The van der Waals surface area contributed by atoms with Gasteiger partial charge in [0.15, 0.2) is 17.3 Å². The Balaban J connectivity index is 1.69. The minimum absolute atomic E-state index is 0.602. The zero-order chi connectivity index (χ0) is 23.7. The smallest absolute Gasteiger partial charge is 0.161 e. The van der Waals surface area contributed by atoms with Gasteiger partial charge in [-0.2, -0.15) is 5.10 Å². The highest BCUT2D eigenvalue weighted by molar-refractivity contribution is 6.32. The van der Waals surface area contributed by atoms with E-state index < -0.39 is 0 Å². The molecule has 0 aliphatic heterocycles. The van der Waals surface area contributed by atoms with Crippen molar-refractivity contribution in [2.75, 3.05) is 19.6 Å². The average Bonchev–Trinajstić information content (AvgIpc) is 2.87. The zero-order valence-electron chi connectivity index (χ0n) is 18.8. The molecular formula is C26H21ClN4O3. The summed E-state index contributed by atoms with van der Waals surface area (Å²) >= 11 is 6.43. The predicted molar refractivity (Wildman–Crippen MR) is 133 cm³/mol.